The van der Waals surface area contributed by atoms with Crippen LogP contribution in [0.4, 0.5) is 22.7 Å². The lowest BCUT2D eigenvalue weighted by molar-refractivity contribution is -0.116. The van der Waals surface area contributed by atoms with Gasteiger partial charge in [-0.05, 0) is 54.4 Å². The van der Waals surface area contributed by atoms with Gasteiger partial charge in [0.1, 0.15) is 0 Å². The fourth-order valence-electron chi connectivity index (χ4n) is 2.81. The van der Waals surface area contributed by atoms with Crippen molar-refractivity contribution in [3.63, 3.8) is 0 Å². The number of amides is 2. The van der Waals surface area contributed by atoms with Crippen LogP contribution < -0.4 is 16.0 Å². The van der Waals surface area contributed by atoms with Crippen LogP contribution in [0.2, 0.25) is 0 Å². The third kappa shape index (κ3) is 5.99. The Morgan fingerprint density at radius 3 is 2.11 bits per heavy atom. The molecular formula is C23H23N3O2. The average molecular weight is 373 g/mol. The van der Waals surface area contributed by atoms with Gasteiger partial charge in [-0.15, -0.1) is 0 Å². The maximum atomic E-state index is 12.1. The quantitative estimate of drug-likeness (QED) is 0.548. The van der Waals surface area contributed by atoms with Gasteiger partial charge in [0.05, 0.1) is 0 Å². The van der Waals surface area contributed by atoms with Gasteiger partial charge in [0, 0.05) is 36.1 Å². The van der Waals surface area contributed by atoms with E-state index in [0.717, 1.165) is 34.7 Å². The number of rotatable bonds is 7. The molecule has 0 heterocycles. The van der Waals surface area contributed by atoms with E-state index in [4.69, 9.17) is 0 Å². The lowest BCUT2D eigenvalue weighted by Crippen LogP contribution is -2.12. The van der Waals surface area contributed by atoms with Gasteiger partial charge in [-0.1, -0.05) is 36.4 Å². The lowest BCUT2D eigenvalue weighted by Gasteiger charge is -2.10. The highest BCUT2D eigenvalue weighted by atomic mass is 16.2. The van der Waals surface area contributed by atoms with Gasteiger partial charge >= 0.3 is 0 Å². The molecule has 0 atom stereocenters. The summed E-state index contributed by atoms with van der Waals surface area (Å²) in [6, 6.07) is 25.0. The maximum Gasteiger partial charge on any atom is 0.224 e. The van der Waals surface area contributed by atoms with Crippen LogP contribution in [0.1, 0.15) is 18.9 Å². The molecule has 0 spiro atoms. The number of hydrogen-bond donors (Lipinski definition) is 3. The summed E-state index contributed by atoms with van der Waals surface area (Å²) in [5.74, 6) is -0.114. The predicted octanol–water partition coefficient (Wildman–Crippen LogP) is 4.96. The summed E-state index contributed by atoms with van der Waals surface area (Å²) in [4.78, 5) is 23.3. The molecule has 0 saturated heterocycles. The second-order valence-corrected chi connectivity index (χ2v) is 6.50. The molecule has 0 aliphatic heterocycles. The second-order valence-electron chi connectivity index (χ2n) is 6.50. The van der Waals surface area contributed by atoms with E-state index < -0.39 is 0 Å². The Kier molecular flexibility index (Phi) is 6.41. The first-order valence-corrected chi connectivity index (χ1v) is 9.17. The number of benzene rings is 3. The van der Waals surface area contributed by atoms with Crippen molar-refractivity contribution in [2.24, 2.45) is 0 Å². The van der Waals surface area contributed by atoms with E-state index in [0.29, 0.717) is 6.42 Å². The molecule has 3 rings (SSSR count). The molecule has 3 aromatic rings. The Labute approximate surface area is 164 Å². The molecule has 5 heteroatoms. The first-order valence-electron chi connectivity index (χ1n) is 9.17. The third-order valence-electron chi connectivity index (χ3n) is 4.12. The average Bonchev–Trinajstić information content (AvgIpc) is 2.68. The number of carbonyl (C=O) groups is 2. The van der Waals surface area contributed by atoms with Crippen LogP contribution in [0.5, 0.6) is 0 Å². The number of hydrogen-bond acceptors (Lipinski definition) is 3. The SMILES string of the molecule is CC(=O)Nc1cccc(Nc2ccc(NC(=O)CCc3ccccc3)cc2)c1. The fourth-order valence-corrected chi connectivity index (χ4v) is 2.81. The summed E-state index contributed by atoms with van der Waals surface area (Å²) >= 11 is 0. The molecule has 0 aromatic heterocycles. The number of aryl methyl sites for hydroxylation is 1. The van der Waals surface area contributed by atoms with E-state index >= 15 is 0 Å². The van der Waals surface area contributed by atoms with Crippen LogP contribution in [0.25, 0.3) is 0 Å². The van der Waals surface area contributed by atoms with Crippen molar-refractivity contribution in [2.45, 2.75) is 19.8 Å². The smallest absolute Gasteiger partial charge is 0.224 e. The molecule has 28 heavy (non-hydrogen) atoms. The van der Waals surface area contributed by atoms with Crippen molar-refractivity contribution in [1.29, 1.82) is 0 Å². The monoisotopic (exact) mass is 373 g/mol. The van der Waals surface area contributed by atoms with Crippen LogP contribution in [0.3, 0.4) is 0 Å². The second kappa shape index (κ2) is 9.37. The third-order valence-corrected chi connectivity index (χ3v) is 4.12. The van der Waals surface area contributed by atoms with Crippen molar-refractivity contribution in [3.8, 4) is 0 Å². The Hall–Kier alpha value is -3.60. The maximum absolute atomic E-state index is 12.1. The van der Waals surface area contributed by atoms with E-state index in [1.807, 2.05) is 78.9 Å². The number of nitrogens with one attached hydrogen (secondary N) is 3. The van der Waals surface area contributed by atoms with Gasteiger partial charge in [-0.2, -0.15) is 0 Å². The van der Waals surface area contributed by atoms with Crippen LogP contribution in [0, 0.1) is 0 Å². The Balaban J connectivity index is 1.53. The number of carbonyl (C=O) groups excluding carboxylic acids is 2. The van der Waals surface area contributed by atoms with Crippen molar-refractivity contribution < 1.29 is 9.59 Å². The van der Waals surface area contributed by atoms with Gasteiger partial charge in [0.25, 0.3) is 0 Å². The first-order chi connectivity index (χ1) is 13.6. The van der Waals surface area contributed by atoms with Crippen LogP contribution in [-0.4, -0.2) is 11.8 Å². The zero-order chi connectivity index (χ0) is 19.8. The van der Waals surface area contributed by atoms with Gasteiger partial charge in [-0.3, -0.25) is 9.59 Å². The summed E-state index contributed by atoms with van der Waals surface area (Å²) in [5, 5.41) is 8.96. The predicted molar refractivity (Wildman–Crippen MR) is 114 cm³/mol. The molecule has 0 saturated carbocycles. The number of anilines is 4. The van der Waals surface area contributed by atoms with Gasteiger partial charge in [0.2, 0.25) is 11.8 Å². The molecule has 5 nitrogen and oxygen atoms in total. The van der Waals surface area contributed by atoms with Crippen LogP contribution >= 0.6 is 0 Å². The van der Waals surface area contributed by atoms with Crippen molar-refractivity contribution in [1.82, 2.24) is 0 Å². The van der Waals surface area contributed by atoms with E-state index in [1.54, 1.807) is 0 Å². The molecule has 0 aliphatic carbocycles. The molecule has 0 radical (unpaired) electrons. The van der Waals surface area contributed by atoms with E-state index in [9.17, 15) is 9.59 Å². The van der Waals surface area contributed by atoms with Crippen LogP contribution in [0.15, 0.2) is 78.9 Å². The van der Waals surface area contributed by atoms with Crippen LogP contribution in [-0.2, 0) is 16.0 Å². The summed E-state index contributed by atoms with van der Waals surface area (Å²) in [6.07, 6.45) is 1.16. The molecule has 0 fully saturated rings. The highest BCUT2D eigenvalue weighted by Gasteiger charge is 2.04. The molecule has 0 unspecified atom stereocenters. The molecule has 3 N–H and O–H groups in total. The van der Waals surface area contributed by atoms with Gasteiger partial charge in [-0.25, -0.2) is 0 Å². The minimum absolute atomic E-state index is 0.00688. The zero-order valence-electron chi connectivity index (χ0n) is 15.7. The largest absolute Gasteiger partial charge is 0.355 e. The Morgan fingerprint density at radius 1 is 0.714 bits per heavy atom. The topological polar surface area (TPSA) is 70.2 Å². The van der Waals surface area contributed by atoms with E-state index in [-0.39, 0.29) is 11.8 Å². The highest BCUT2D eigenvalue weighted by molar-refractivity contribution is 5.91. The van der Waals surface area contributed by atoms with E-state index in [1.165, 1.54) is 6.92 Å². The molecule has 0 bridgehead atoms. The zero-order valence-corrected chi connectivity index (χ0v) is 15.7. The summed E-state index contributed by atoms with van der Waals surface area (Å²) in [7, 11) is 0. The van der Waals surface area contributed by atoms with Crippen molar-refractivity contribution in [3.05, 3.63) is 84.4 Å². The first kappa shape index (κ1) is 19.2. The molecule has 3 aromatic carbocycles. The normalized spacial score (nSPS) is 10.2. The lowest BCUT2D eigenvalue weighted by atomic mass is 10.1. The Bertz CT molecular complexity index is 938. The summed E-state index contributed by atoms with van der Waals surface area (Å²) < 4.78 is 0. The standard InChI is InChI=1S/C23H23N3O2/c1-17(27)24-21-8-5-9-22(16-21)25-19-11-13-20(14-12-19)26-23(28)15-10-18-6-3-2-4-7-18/h2-9,11-14,16,25H,10,15H2,1H3,(H,24,27)(H,26,28). The summed E-state index contributed by atoms with van der Waals surface area (Å²) in [5.41, 5.74) is 4.40. The molecule has 142 valence electrons. The van der Waals surface area contributed by atoms with Crippen molar-refractivity contribution >= 4 is 34.6 Å². The Morgan fingerprint density at radius 2 is 1.39 bits per heavy atom. The molecule has 0 aliphatic rings. The molecular weight excluding hydrogens is 350 g/mol. The molecule has 2 amide bonds. The fraction of sp³-hybridized carbons (Fsp3) is 0.130. The van der Waals surface area contributed by atoms with Gasteiger partial charge < -0.3 is 16.0 Å². The van der Waals surface area contributed by atoms with Gasteiger partial charge in [0.15, 0.2) is 0 Å². The van der Waals surface area contributed by atoms with E-state index in [2.05, 4.69) is 16.0 Å². The van der Waals surface area contributed by atoms with Crippen molar-refractivity contribution in [2.75, 3.05) is 16.0 Å². The summed E-state index contributed by atoms with van der Waals surface area (Å²) in [6.45, 7) is 1.48. The minimum atomic E-state index is -0.107. The highest BCUT2D eigenvalue weighted by Crippen LogP contribution is 2.21. The minimum Gasteiger partial charge on any atom is -0.355 e.